The molecule has 94 valence electrons. The molecule has 3 rings (SSSR count). The van der Waals surface area contributed by atoms with Crippen LogP contribution in [0.3, 0.4) is 0 Å². The van der Waals surface area contributed by atoms with Crippen molar-refractivity contribution in [3.8, 4) is 0 Å². The molecule has 1 aliphatic rings. The van der Waals surface area contributed by atoms with E-state index in [1.54, 1.807) is 0 Å². The van der Waals surface area contributed by atoms with Gasteiger partial charge in [0.1, 0.15) is 0 Å². The smallest absolute Gasteiger partial charge is 0.223 e. The number of nitrogens with zero attached hydrogens (tertiary/aromatic N) is 2. The van der Waals surface area contributed by atoms with Gasteiger partial charge in [0.05, 0.1) is 5.52 Å². The predicted molar refractivity (Wildman–Crippen MR) is 74.1 cm³/mol. The van der Waals surface area contributed by atoms with E-state index in [9.17, 15) is 4.21 Å². The van der Waals surface area contributed by atoms with Gasteiger partial charge in [-0.15, -0.1) is 0 Å². The third kappa shape index (κ3) is 2.51. The quantitative estimate of drug-likeness (QED) is 0.897. The van der Waals surface area contributed by atoms with Crippen LogP contribution < -0.4 is 5.32 Å². The lowest BCUT2D eigenvalue weighted by Crippen LogP contribution is -2.30. The largest absolute Gasteiger partial charge is 0.351 e. The van der Waals surface area contributed by atoms with Gasteiger partial charge in [0.25, 0.3) is 0 Å². The summed E-state index contributed by atoms with van der Waals surface area (Å²) >= 11 is 0. The molecule has 0 saturated carbocycles. The Bertz CT molecular complexity index is 577. The predicted octanol–water partition coefficient (Wildman–Crippen LogP) is 1.95. The minimum atomic E-state index is -0.622. The van der Waals surface area contributed by atoms with E-state index in [1.165, 1.54) is 0 Å². The van der Waals surface area contributed by atoms with Gasteiger partial charge in [-0.1, -0.05) is 18.2 Å². The zero-order valence-electron chi connectivity index (χ0n) is 10.0. The van der Waals surface area contributed by atoms with Crippen molar-refractivity contribution in [2.24, 2.45) is 0 Å². The zero-order chi connectivity index (χ0) is 12.4. The van der Waals surface area contributed by atoms with Crippen LogP contribution in [0, 0.1) is 0 Å². The van der Waals surface area contributed by atoms with Crippen LogP contribution in [0.1, 0.15) is 12.8 Å². The Balaban J connectivity index is 1.76. The number of para-hydroxylation sites is 1. The molecule has 1 aromatic heterocycles. The number of nitrogens with one attached hydrogen (secondary N) is 1. The van der Waals surface area contributed by atoms with Crippen LogP contribution in [0.15, 0.2) is 30.5 Å². The highest BCUT2D eigenvalue weighted by atomic mass is 32.2. The summed E-state index contributed by atoms with van der Waals surface area (Å²) in [5.41, 5.74) is 0.953. The fourth-order valence-corrected chi connectivity index (χ4v) is 3.46. The number of fused-ring (bicyclic) bond motifs is 1. The molecule has 0 amide bonds. The standard InChI is InChI=1S/C13H15N3OS/c17-18-7-5-11(6-8-18)15-13-14-9-10-3-1-2-4-12(10)16-13/h1-4,9,11H,5-8H2,(H,14,15,16). The molecule has 18 heavy (non-hydrogen) atoms. The fourth-order valence-electron chi connectivity index (χ4n) is 2.16. The summed E-state index contributed by atoms with van der Waals surface area (Å²) in [5.74, 6) is 2.24. The van der Waals surface area contributed by atoms with E-state index in [2.05, 4.69) is 15.3 Å². The zero-order valence-corrected chi connectivity index (χ0v) is 10.8. The minimum absolute atomic E-state index is 0.351. The summed E-state index contributed by atoms with van der Waals surface area (Å²) in [6, 6.07) is 8.29. The lowest BCUT2D eigenvalue weighted by atomic mass is 10.1. The summed E-state index contributed by atoms with van der Waals surface area (Å²) in [5, 5.41) is 4.39. The number of aromatic nitrogens is 2. The molecule has 1 fully saturated rings. The molecule has 1 aromatic carbocycles. The lowest BCUT2D eigenvalue weighted by Gasteiger charge is -2.22. The summed E-state index contributed by atoms with van der Waals surface area (Å²) in [6.07, 6.45) is 3.71. The summed E-state index contributed by atoms with van der Waals surface area (Å²) in [4.78, 5) is 8.81. The van der Waals surface area contributed by atoms with Crippen LogP contribution in [-0.4, -0.2) is 31.7 Å². The maximum atomic E-state index is 11.3. The SMILES string of the molecule is O=S1CCC(Nc2ncc3ccccc3n2)CC1. The van der Waals surface area contributed by atoms with Crippen LogP contribution in [-0.2, 0) is 10.8 Å². The number of anilines is 1. The van der Waals surface area contributed by atoms with Crippen molar-refractivity contribution in [2.45, 2.75) is 18.9 Å². The van der Waals surface area contributed by atoms with Crippen LogP contribution in [0.2, 0.25) is 0 Å². The molecule has 0 bridgehead atoms. The molecule has 1 aliphatic heterocycles. The van der Waals surface area contributed by atoms with Crippen LogP contribution in [0.4, 0.5) is 5.95 Å². The molecular weight excluding hydrogens is 246 g/mol. The second-order valence-corrected chi connectivity index (χ2v) is 6.22. The van der Waals surface area contributed by atoms with Crippen molar-refractivity contribution >= 4 is 27.7 Å². The van der Waals surface area contributed by atoms with E-state index >= 15 is 0 Å². The second-order valence-electron chi connectivity index (χ2n) is 4.52. The van der Waals surface area contributed by atoms with Crippen molar-refractivity contribution in [3.63, 3.8) is 0 Å². The highest BCUT2D eigenvalue weighted by Crippen LogP contribution is 2.16. The van der Waals surface area contributed by atoms with E-state index in [0.717, 1.165) is 35.3 Å². The van der Waals surface area contributed by atoms with Crippen LogP contribution >= 0.6 is 0 Å². The second kappa shape index (κ2) is 5.02. The van der Waals surface area contributed by atoms with E-state index < -0.39 is 10.8 Å². The molecule has 5 heteroatoms. The van der Waals surface area contributed by atoms with Gasteiger partial charge in [0, 0.05) is 39.9 Å². The van der Waals surface area contributed by atoms with E-state index in [4.69, 9.17) is 0 Å². The molecule has 0 unspecified atom stereocenters. The third-order valence-corrected chi connectivity index (χ3v) is 4.59. The maximum absolute atomic E-state index is 11.3. The minimum Gasteiger partial charge on any atom is -0.351 e. The van der Waals surface area contributed by atoms with Crippen molar-refractivity contribution in [2.75, 3.05) is 16.8 Å². The third-order valence-electron chi connectivity index (χ3n) is 3.21. The van der Waals surface area contributed by atoms with Gasteiger partial charge in [0.15, 0.2) is 0 Å². The monoisotopic (exact) mass is 261 g/mol. The van der Waals surface area contributed by atoms with Gasteiger partial charge in [-0.25, -0.2) is 9.97 Å². The average molecular weight is 261 g/mol. The highest BCUT2D eigenvalue weighted by Gasteiger charge is 2.18. The first kappa shape index (κ1) is 11.6. The topological polar surface area (TPSA) is 54.9 Å². The van der Waals surface area contributed by atoms with Crippen molar-refractivity contribution < 1.29 is 4.21 Å². The van der Waals surface area contributed by atoms with E-state index in [1.807, 2.05) is 30.5 Å². The molecule has 0 spiro atoms. The molecule has 1 saturated heterocycles. The van der Waals surface area contributed by atoms with Gasteiger partial charge < -0.3 is 5.32 Å². The Labute approximate surface area is 108 Å². The number of hydrogen-bond donors (Lipinski definition) is 1. The molecule has 2 heterocycles. The Morgan fingerprint density at radius 3 is 2.83 bits per heavy atom. The van der Waals surface area contributed by atoms with Gasteiger partial charge in [-0.3, -0.25) is 4.21 Å². The Kier molecular flexibility index (Phi) is 3.23. The van der Waals surface area contributed by atoms with Crippen molar-refractivity contribution in [1.82, 2.24) is 9.97 Å². The molecular formula is C13H15N3OS. The number of rotatable bonds is 2. The first-order valence-electron chi connectivity index (χ1n) is 6.14. The van der Waals surface area contributed by atoms with Gasteiger partial charge >= 0.3 is 0 Å². The Morgan fingerprint density at radius 2 is 2.00 bits per heavy atom. The molecule has 1 N–H and O–H groups in total. The molecule has 0 aliphatic carbocycles. The molecule has 0 atom stereocenters. The molecule has 0 radical (unpaired) electrons. The average Bonchev–Trinajstić information content (AvgIpc) is 2.41. The highest BCUT2D eigenvalue weighted by molar-refractivity contribution is 7.85. The first-order chi connectivity index (χ1) is 8.81. The van der Waals surface area contributed by atoms with Crippen molar-refractivity contribution in [1.29, 1.82) is 0 Å². The van der Waals surface area contributed by atoms with Gasteiger partial charge in [-0.2, -0.15) is 0 Å². The lowest BCUT2D eigenvalue weighted by molar-refractivity contribution is 0.621. The van der Waals surface area contributed by atoms with Crippen molar-refractivity contribution in [3.05, 3.63) is 30.5 Å². The maximum Gasteiger partial charge on any atom is 0.223 e. The first-order valence-corrected chi connectivity index (χ1v) is 7.63. The van der Waals surface area contributed by atoms with E-state index in [0.29, 0.717) is 12.0 Å². The molecule has 2 aromatic rings. The Hall–Kier alpha value is -1.49. The summed E-state index contributed by atoms with van der Waals surface area (Å²) in [7, 11) is -0.622. The van der Waals surface area contributed by atoms with Crippen LogP contribution in [0.5, 0.6) is 0 Å². The normalized spacial score (nSPS) is 24.0. The number of hydrogen-bond acceptors (Lipinski definition) is 4. The summed E-state index contributed by atoms with van der Waals surface area (Å²) in [6.45, 7) is 0. The van der Waals surface area contributed by atoms with E-state index in [-0.39, 0.29) is 0 Å². The fraction of sp³-hybridized carbons (Fsp3) is 0.385. The van der Waals surface area contributed by atoms with Gasteiger partial charge in [0.2, 0.25) is 5.95 Å². The number of benzene rings is 1. The van der Waals surface area contributed by atoms with Crippen LogP contribution in [0.25, 0.3) is 10.9 Å². The Morgan fingerprint density at radius 1 is 1.22 bits per heavy atom. The van der Waals surface area contributed by atoms with Gasteiger partial charge in [-0.05, 0) is 18.9 Å². The summed E-state index contributed by atoms with van der Waals surface area (Å²) < 4.78 is 11.3. The molecule has 4 nitrogen and oxygen atoms in total.